The number of hydrogen-bond acceptors (Lipinski definition) is 6. The number of rotatable bonds is 7. The molecule has 1 heterocycles. The topological polar surface area (TPSA) is 109 Å². The van der Waals surface area contributed by atoms with E-state index in [1.165, 1.54) is 11.8 Å². The first kappa shape index (κ1) is 23.0. The van der Waals surface area contributed by atoms with Gasteiger partial charge in [-0.25, -0.2) is 4.98 Å². The van der Waals surface area contributed by atoms with Gasteiger partial charge in [0.2, 0.25) is 0 Å². The number of imidazole rings is 1. The second kappa shape index (κ2) is 10.8. The van der Waals surface area contributed by atoms with Crippen LogP contribution in [0.1, 0.15) is 13.3 Å². The zero-order valence-corrected chi connectivity index (χ0v) is 18.2. The summed E-state index contributed by atoms with van der Waals surface area (Å²) in [5, 5.41) is 22.7. The third kappa shape index (κ3) is 6.08. The Kier molecular flexibility index (Phi) is 10.8. The van der Waals surface area contributed by atoms with Gasteiger partial charge in [-0.2, -0.15) is 0 Å². The summed E-state index contributed by atoms with van der Waals surface area (Å²) in [6.07, 6.45) is 0.182. The first-order valence-corrected chi connectivity index (χ1v) is 7.50. The first-order chi connectivity index (χ1) is 10.0. The summed E-state index contributed by atoms with van der Waals surface area (Å²) in [7, 11) is 0. The van der Waals surface area contributed by atoms with Crippen molar-refractivity contribution in [2.24, 2.45) is 11.8 Å². The molecule has 0 saturated heterocycles. The molecule has 1 aromatic heterocycles. The molecule has 0 aliphatic carbocycles. The van der Waals surface area contributed by atoms with Crippen molar-refractivity contribution in [3.05, 3.63) is 24.3 Å². The molecule has 0 bridgehead atoms. The maximum Gasteiger partial charge on any atom is 1.00 e. The Morgan fingerprint density at radius 1 is 1.17 bits per heavy atom. The number of aromatic nitrogens is 2. The Bertz CT molecular complexity index is 632. The molecule has 2 aromatic rings. The smallest absolute Gasteiger partial charge is 0.550 e. The Balaban J connectivity index is 0.00000242. The average Bonchev–Trinajstić information content (AvgIpc) is 2.85. The number of aliphatic carboxylic acids is 2. The molecule has 0 spiro atoms. The molecular formula is C14H14N2Na2O4S. The number of carbonyl (C=O) groups is 2. The molecule has 0 saturated carbocycles. The average molecular weight is 352 g/mol. The van der Waals surface area contributed by atoms with Crippen molar-refractivity contribution >= 4 is 34.7 Å². The van der Waals surface area contributed by atoms with Crippen molar-refractivity contribution in [3.63, 3.8) is 0 Å². The molecule has 1 N–H and O–H groups in total. The molecule has 6 nitrogen and oxygen atoms in total. The van der Waals surface area contributed by atoms with E-state index in [1.54, 1.807) is 6.92 Å². The molecule has 2 rings (SSSR count). The Labute approximate surface area is 182 Å². The summed E-state index contributed by atoms with van der Waals surface area (Å²) in [5.41, 5.74) is 1.62. The molecule has 9 heteroatoms. The van der Waals surface area contributed by atoms with Crippen molar-refractivity contribution in [2.75, 3.05) is 5.75 Å². The molecule has 23 heavy (non-hydrogen) atoms. The number of para-hydroxylation sites is 2. The first-order valence-electron chi connectivity index (χ1n) is 6.52. The van der Waals surface area contributed by atoms with Gasteiger partial charge in [-0.3, -0.25) is 0 Å². The van der Waals surface area contributed by atoms with Crippen LogP contribution in [0, 0.1) is 11.8 Å². The molecule has 0 amide bonds. The SMILES string of the molecule is CCC(C(=O)[O-])C(CSc1nc2ccccc2[nH]1)C(=O)[O-].[Na+].[Na+]. The van der Waals surface area contributed by atoms with E-state index in [0.717, 1.165) is 11.0 Å². The van der Waals surface area contributed by atoms with Gasteiger partial charge in [0.05, 0.1) is 11.0 Å². The second-order valence-corrected chi connectivity index (χ2v) is 5.64. The van der Waals surface area contributed by atoms with Gasteiger partial charge in [0.25, 0.3) is 0 Å². The van der Waals surface area contributed by atoms with Crippen LogP contribution in [-0.4, -0.2) is 27.7 Å². The molecule has 2 atom stereocenters. The number of hydrogen-bond donors (Lipinski definition) is 1. The molecule has 0 radical (unpaired) electrons. The minimum atomic E-state index is -1.38. The summed E-state index contributed by atoms with van der Waals surface area (Å²) in [4.78, 5) is 29.5. The van der Waals surface area contributed by atoms with Crippen LogP contribution in [0.5, 0.6) is 0 Å². The fraction of sp³-hybridized carbons (Fsp3) is 0.357. The molecule has 0 aliphatic heterocycles. The van der Waals surface area contributed by atoms with E-state index < -0.39 is 23.8 Å². The van der Waals surface area contributed by atoms with Crippen molar-refractivity contribution in [1.82, 2.24) is 9.97 Å². The van der Waals surface area contributed by atoms with Gasteiger partial charge in [-0.1, -0.05) is 30.8 Å². The normalized spacial score (nSPS) is 12.7. The summed E-state index contributed by atoms with van der Waals surface area (Å²) in [6.45, 7) is 1.61. The molecule has 0 aliphatic rings. The predicted octanol–water partition coefficient (Wildman–Crippen LogP) is -6.19. The monoisotopic (exact) mass is 352 g/mol. The van der Waals surface area contributed by atoms with Crippen molar-refractivity contribution in [2.45, 2.75) is 18.5 Å². The summed E-state index contributed by atoms with van der Waals surface area (Å²) >= 11 is 1.17. The van der Waals surface area contributed by atoms with Gasteiger partial charge in [0.1, 0.15) is 0 Å². The molecule has 1 aromatic carbocycles. The summed E-state index contributed by atoms with van der Waals surface area (Å²) < 4.78 is 0. The largest absolute Gasteiger partial charge is 1.00 e. The van der Waals surface area contributed by atoms with Gasteiger partial charge >= 0.3 is 59.1 Å². The fourth-order valence-corrected chi connectivity index (χ4v) is 3.18. The predicted molar refractivity (Wildman–Crippen MR) is 74.1 cm³/mol. The summed E-state index contributed by atoms with van der Waals surface area (Å²) in [6, 6.07) is 7.41. The van der Waals surface area contributed by atoms with Gasteiger partial charge in [-0.15, -0.1) is 0 Å². The number of H-pyrrole nitrogens is 1. The van der Waals surface area contributed by atoms with Crippen molar-refractivity contribution < 1.29 is 78.9 Å². The Morgan fingerprint density at radius 2 is 1.78 bits per heavy atom. The van der Waals surface area contributed by atoms with Gasteiger partial charge in [0, 0.05) is 29.5 Å². The molecular weight excluding hydrogens is 338 g/mol. The van der Waals surface area contributed by atoms with Crippen molar-refractivity contribution in [1.29, 1.82) is 0 Å². The van der Waals surface area contributed by atoms with Gasteiger partial charge in [-0.05, 0) is 18.6 Å². The van der Waals surface area contributed by atoms with Crippen LogP contribution in [0.3, 0.4) is 0 Å². The van der Waals surface area contributed by atoms with E-state index in [-0.39, 0.29) is 71.3 Å². The van der Waals surface area contributed by atoms with E-state index in [2.05, 4.69) is 9.97 Å². The van der Waals surface area contributed by atoms with Crippen LogP contribution in [0.25, 0.3) is 11.0 Å². The number of carboxylic acids is 2. The minimum absolute atomic E-state index is 0. The second-order valence-electron chi connectivity index (χ2n) is 4.63. The van der Waals surface area contributed by atoms with Crippen LogP contribution < -0.4 is 69.3 Å². The summed E-state index contributed by atoms with van der Waals surface area (Å²) in [5.74, 6) is -4.86. The van der Waals surface area contributed by atoms with E-state index in [4.69, 9.17) is 0 Å². The number of benzene rings is 1. The van der Waals surface area contributed by atoms with Crippen LogP contribution >= 0.6 is 11.8 Å². The third-order valence-corrected chi connectivity index (χ3v) is 4.29. The molecule has 112 valence electrons. The van der Waals surface area contributed by atoms with Crippen LogP contribution in [0.2, 0.25) is 0 Å². The van der Waals surface area contributed by atoms with Crippen LogP contribution in [-0.2, 0) is 9.59 Å². The maximum atomic E-state index is 11.2. The number of aromatic amines is 1. The Hall–Kier alpha value is -0.0200. The Morgan fingerprint density at radius 3 is 2.30 bits per heavy atom. The van der Waals surface area contributed by atoms with Crippen LogP contribution in [0.4, 0.5) is 0 Å². The van der Waals surface area contributed by atoms with E-state index in [9.17, 15) is 19.8 Å². The number of nitrogens with zero attached hydrogens (tertiary/aromatic N) is 1. The number of fused-ring (bicyclic) bond motifs is 1. The van der Waals surface area contributed by atoms with Crippen LogP contribution in [0.15, 0.2) is 29.4 Å². The zero-order chi connectivity index (χ0) is 15.4. The maximum absolute atomic E-state index is 11.2. The van der Waals surface area contributed by atoms with E-state index in [1.807, 2.05) is 24.3 Å². The fourth-order valence-electron chi connectivity index (χ4n) is 2.13. The van der Waals surface area contributed by atoms with E-state index in [0.29, 0.717) is 5.16 Å². The quantitative estimate of drug-likeness (QED) is 0.392. The number of carboxylic acid groups (broad SMARTS) is 2. The standard InChI is InChI=1S/C14H16N2O4S.2Na/c1-2-8(12(17)18)9(13(19)20)7-21-14-15-10-5-3-4-6-11(10)16-14;;/h3-6,8-9H,2,7H2,1H3,(H,15,16)(H,17,18)(H,19,20);;/q;2*+1/p-2. The van der Waals surface area contributed by atoms with Crippen molar-refractivity contribution in [3.8, 4) is 0 Å². The minimum Gasteiger partial charge on any atom is -0.550 e. The van der Waals surface area contributed by atoms with Gasteiger partial charge in [0.15, 0.2) is 5.16 Å². The van der Waals surface area contributed by atoms with E-state index >= 15 is 0 Å². The molecule has 0 fully saturated rings. The van der Waals surface area contributed by atoms with Gasteiger partial charge < -0.3 is 24.8 Å². The number of thioether (sulfide) groups is 1. The zero-order valence-electron chi connectivity index (χ0n) is 13.4. The number of nitrogens with one attached hydrogen (secondary N) is 1. The molecule has 2 unspecified atom stereocenters. The number of carbonyl (C=O) groups excluding carboxylic acids is 2. The third-order valence-electron chi connectivity index (χ3n) is 3.30.